The van der Waals surface area contributed by atoms with E-state index in [-0.39, 0.29) is 84.8 Å². The van der Waals surface area contributed by atoms with E-state index in [0.717, 1.165) is 11.1 Å². The van der Waals surface area contributed by atoms with Crippen molar-refractivity contribution >= 4 is 24.1 Å². The molecule has 1 fully saturated rings. The number of hydrogen-bond acceptors (Lipinski definition) is 14. The highest BCUT2D eigenvalue weighted by molar-refractivity contribution is 5.78. The van der Waals surface area contributed by atoms with E-state index in [0.29, 0.717) is 6.29 Å². The van der Waals surface area contributed by atoms with Gasteiger partial charge in [0.15, 0.2) is 6.29 Å². The second-order valence-corrected chi connectivity index (χ2v) is 11.4. The molecule has 2 aromatic rings. The topological polar surface area (TPSA) is 194 Å². The molecular formula is C34H47N3O12. The van der Waals surface area contributed by atoms with Gasteiger partial charge in [-0.05, 0) is 18.1 Å². The summed E-state index contributed by atoms with van der Waals surface area (Å²) in [7, 11) is 0. The molecule has 0 spiro atoms. The van der Waals surface area contributed by atoms with Gasteiger partial charge in [-0.25, -0.2) is 0 Å². The number of aliphatic hydroxyl groups excluding tert-OH is 3. The third-order valence-corrected chi connectivity index (χ3v) is 7.51. The first-order chi connectivity index (χ1) is 23.7. The maximum atomic E-state index is 12.7. The number of esters is 2. The SMILES string of the molecule is CC1O[C@@H](OCCOCCNC(=O)CN(CC=O)CCN(CC(=O)OCc2ccccc2)CC(=O)OCc2ccccc2)C(O)C(O)[C@H]1O. The molecular weight excluding hydrogens is 642 g/mol. The standard InChI is InChI=1S/C34H47N3O12/c1-25-31(42)32(43)33(44)34(49-25)46-19-18-45-17-12-35-28(39)20-36(15-16-38)13-14-37(21-29(40)47-23-26-8-4-2-5-9-26)22-30(41)48-24-27-10-6-3-7-11-27/h2-11,16,25,31-34,42-44H,12-15,17-24H2,1H3,(H,35,39)/t25?,31-,32?,33?,34+/m0/s1. The van der Waals surface area contributed by atoms with Gasteiger partial charge in [0.05, 0.1) is 52.1 Å². The zero-order valence-electron chi connectivity index (χ0n) is 27.6. The van der Waals surface area contributed by atoms with Crippen molar-refractivity contribution in [2.24, 2.45) is 0 Å². The van der Waals surface area contributed by atoms with Gasteiger partial charge >= 0.3 is 11.9 Å². The molecule has 0 radical (unpaired) electrons. The first-order valence-corrected chi connectivity index (χ1v) is 16.1. The lowest BCUT2D eigenvalue weighted by Gasteiger charge is -2.38. The van der Waals surface area contributed by atoms with E-state index >= 15 is 0 Å². The molecule has 0 aliphatic carbocycles. The van der Waals surface area contributed by atoms with Crippen molar-refractivity contribution in [2.75, 3.05) is 65.6 Å². The second kappa shape index (κ2) is 22.0. The molecule has 0 bridgehead atoms. The molecule has 4 N–H and O–H groups in total. The highest BCUT2D eigenvalue weighted by Crippen LogP contribution is 2.21. The monoisotopic (exact) mass is 689 g/mol. The Morgan fingerprint density at radius 2 is 1.35 bits per heavy atom. The molecule has 3 unspecified atom stereocenters. The van der Waals surface area contributed by atoms with Crippen molar-refractivity contribution in [3.63, 3.8) is 0 Å². The summed E-state index contributed by atoms with van der Waals surface area (Å²) in [6, 6.07) is 18.4. The Morgan fingerprint density at radius 1 is 0.776 bits per heavy atom. The van der Waals surface area contributed by atoms with E-state index in [4.69, 9.17) is 23.7 Å². The molecule has 3 rings (SSSR count). The number of hydrogen-bond donors (Lipinski definition) is 4. The van der Waals surface area contributed by atoms with Crippen LogP contribution >= 0.6 is 0 Å². The highest BCUT2D eigenvalue weighted by atomic mass is 16.7. The number of benzene rings is 2. The third kappa shape index (κ3) is 15.1. The van der Waals surface area contributed by atoms with Crippen LogP contribution in [0.25, 0.3) is 0 Å². The van der Waals surface area contributed by atoms with Crippen LogP contribution in [-0.4, -0.2) is 146 Å². The van der Waals surface area contributed by atoms with Crippen LogP contribution in [0.5, 0.6) is 0 Å². The van der Waals surface area contributed by atoms with Gasteiger partial charge in [0.2, 0.25) is 5.91 Å². The lowest BCUT2D eigenvalue weighted by Crippen LogP contribution is -2.57. The van der Waals surface area contributed by atoms with Gasteiger partial charge in [0.1, 0.15) is 37.8 Å². The Morgan fingerprint density at radius 3 is 1.92 bits per heavy atom. The maximum Gasteiger partial charge on any atom is 0.320 e. The number of carbonyl (C=O) groups excluding carboxylic acids is 4. The summed E-state index contributed by atoms with van der Waals surface area (Å²) < 4.78 is 27.0. The summed E-state index contributed by atoms with van der Waals surface area (Å²) in [6.45, 7) is 1.96. The molecule has 1 aliphatic rings. The van der Waals surface area contributed by atoms with Crippen molar-refractivity contribution < 1.29 is 58.2 Å². The molecule has 0 saturated carbocycles. The first-order valence-electron chi connectivity index (χ1n) is 16.1. The van der Waals surface area contributed by atoms with Gasteiger partial charge in [-0.1, -0.05) is 60.7 Å². The first kappa shape index (κ1) is 39.6. The van der Waals surface area contributed by atoms with Crippen LogP contribution in [0.2, 0.25) is 0 Å². The van der Waals surface area contributed by atoms with E-state index in [9.17, 15) is 34.5 Å². The normalized spacial score (nSPS) is 20.6. The Hall–Kier alpha value is -3.80. The fourth-order valence-corrected chi connectivity index (χ4v) is 4.77. The molecule has 1 saturated heterocycles. The number of rotatable bonds is 22. The van der Waals surface area contributed by atoms with E-state index in [1.807, 2.05) is 60.7 Å². The Bertz CT molecular complexity index is 1210. The predicted octanol–water partition coefficient (Wildman–Crippen LogP) is -0.747. The Kier molecular flexibility index (Phi) is 17.8. The fraction of sp³-hybridized carbons (Fsp3) is 0.529. The van der Waals surface area contributed by atoms with Crippen LogP contribution in [0.4, 0.5) is 0 Å². The summed E-state index contributed by atoms with van der Waals surface area (Å²) >= 11 is 0. The van der Waals surface area contributed by atoms with Gasteiger partial charge in [-0.15, -0.1) is 0 Å². The van der Waals surface area contributed by atoms with Crippen LogP contribution in [0.1, 0.15) is 18.1 Å². The number of carbonyl (C=O) groups is 4. The van der Waals surface area contributed by atoms with E-state index < -0.39 is 42.6 Å². The minimum Gasteiger partial charge on any atom is -0.460 e. The van der Waals surface area contributed by atoms with Crippen LogP contribution in [-0.2, 0) is 56.1 Å². The Labute approximate surface area is 285 Å². The molecule has 2 aromatic carbocycles. The van der Waals surface area contributed by atoms with Gasteiger partial charge < -0.3 is 49.1 Å². The lowest BCUT2D eigenvalue weighted by molar-refractivity contribution is -0.294. The number of aldehydes is 1. The second-order valence-electron chi connectivity index (χ2n) is 11.4. The number of nitrogens with one attached hydrogen (secondary N) is 1. The number of aliphatic hydroxyl groups is 3. The van der Waals surface area contributed by atoms with Crippen molar-refractivity contribution in [1.29, 1.82) is 0 Å². The number of amides is 1. The van der Waals surface area contributed by atoms with Gasteiger partial charge in [0.25, 0.3) is 0 Å². The molecule has 270 valence electrons. The van der Waals surface area contributed by atoms with Crippen LogP contribution < -0.4 is 5.32 Å². The largest absolute Gasteiger partial charge is 0.460 e. The Balaban J connectivity index is 1.40. The van der Waals surface area contributed by atoms with Crippen molar-refractivity contribution in [1.82, 2.24) is 15.1 Å². The van der Waals surface area contributed by atoms with Crippen molar-refractivity contribution in [3.8, 4) is 0 Å². The summed E-state index contributed by atoms with van der Waals surface area (Å²) in [5.41, 5.74) is 1.63. The molecule has 49 heavy (non-hydrogen) atoms. The zero-order valence-corrected chi connectivity index (χ0v) is 27.6. The number of ether oxygens (including phenoxy) is 5. The van der Waals surface area contributed by atoms with Gasteiger partial charge in [-0.2, -0.15) is 0 Å². The number of nitrogens with zero attached hydrogens (tertiary/aromatic N) is 2. The smallest absolute Gasteiger partial charge is 0.320 e. The zero-order chi connectivity index (χ0) is 35.4. The van der Waals surface area contributed by atoms with Crippen molar-refractivity contribution in [2.45, 2.75) is 50.8 Å². The maximum absolute atomic E-state index is 12.7. The van der Waals surface area contributed by atoms with Crippen LogP contribution in [0.15, 0.2) is 60.7 Å². The van der Waals surface area contributed by atoms with Gasteiger partial charge in [0, 0.05) is 19.6 Å². The average molecular weight is 690 g/mol. The molecule has 5 atom stereocenters. The highest BCUT2D eigenvalue weighted by Gasteiger charge is 2.42. The molecule has 15 heteroatoms. The summed E-state index contributed by atoms with van der Waals surface area (Å²) in [6.07, 6.45) is -5.20. The molecule has 15 nitrogen and oxygen atoms in total. The van der Waals surface area contributed by atoms with Crippen LogP contribution in [0, 0.1) is 0 Å². The minimum atomic E-state index is -1.41. The summed E-state index contributed by atoms with van der Waals surface area (Å²) in [5, 5.41) is 32.3. The summed E-state index contributed by atoms with van der Waals surface area (Å²) in [4.78, 5) is 52.4. The molecule has 1 heterocycles. The molecule has 0 aromatic heterocycles. The van der Waals surface area contributed by atoms with E-state index in [2.05, 4.69) is 5.32 Å². The predicted molar refractivity (Wildman–Crippen MR) is 174 cm³/mol. The quantitative estimate of drug-likeness (QED) is 0.0686. The van der Waals surface area contributed by atoms with Gasteiger partial charge in [-0.3, -0.25) is 24.2 Å². The third-order valence-electron chi connectivity index (χ3n) is 7.51. The van der Waals surface area contributed by atoms with Crippen molar-refractivity contribution in [3.05, 3.63) is 71.8 Å². The minimum absolute atomic E-state index is 0.0361. The summed E-state index contributed by atoms with van der Waals surface area (Å²) in [5.74, 6) is -1.45. The molecule has 1 amide bonds. The average Bonchev–Trinajstić information content (AvgIpc) is 3.10. The van der Waals surface area contributed by atoms with Crippen LogP contribution in [0.3, 0.4) is 0 Å². The van der Waals surface area contributed by atoms with E-state index in [1.165, 1.54) is 0 Å². The van der Waals surface area contributed by atoms with E-state index in [1.54, 1.807) is 16.7 Å². The molecule has 1 aliphatic heterocycles. The lowest BCUT2D eigenvalue weighted by atomic mass is 10.0. The fourth-order valence-electron chi connectivity index (χ4n) is 4.77.